The molecule has 1 unspecified atom stereocenters. The molecule has 1 atom stereocenters. The first kappa shape index (κ1) is 14.9. The Morgan fingerprint density at radius 3 is 2.88 bits per heavy atom. The Labute approximate surface area is 144 Å². The van der Waals surface area contributed by atoms with Gasteiger partial charge in [-0.15, -0.1) is 5.92 Å². The molecule has 0 radical (unpaired) electrons. The maximum Gasteiger partial charge on any atom is 1.00 e. The summed E-state index contributed by atoms with van der Waals surface area (Å²) in [5.74, 6) is 5.13. The number of carbonyl (C=O) groups excluding carboxylic acids is 1. The van der Waals surface area contributed by atoms with E-state index >= 15 is 0 Å². The van der Waals surface area contributed by atoms with E-state index in [1.807, 2.05) is 12.1 Å². The van der Waals surface area contributed by atoms with Gasteiger partial charge in [-0.3, -0.25) is 4.79 Å². The summed E-state index contributed by atoms with van der Waals surface area (Å²) >= 11 is 0. The van der Waals surface area contributed by atoms with Crippen LogP contribution < -0.4 is 51.4 Å². The fourth-order valence-corrected chi connectivity index (χ4v) is 1.62. The number of aliphatic hydroxyl groups is 1. The Balaban J connectivity index is 0.00000144. The van der Waals surface area contributed by atoms with Crippen molar-refractivity contribution in [2.75, 3.05) is 13.6 Å². The fraction of sp³-hybridized carbons (Fsp3) is 0.308. The first-order valence-corrected chi connectivity index (χ1v) is 5.09. The Kier molecular flexibility index (Phi) is 5.39. The second-order valence-corrected chi connectivity index (χ2v) is 3.88. The average molecular weight is 253 g/mol. The van der Waals surface area contributed by atoms with Gasteiger partial charge in [-0.2, -0.15) is 30.3 Å². The number of hydrogen-bond acceptors (Lipinski definition) is 2. The number of carbonyl (C=O) groups is 1. The van der Waals surface area contributed by atoms with E-state index in [0.29, 0.717) is 13.0 Å². The van der Waals surface area contributed by atoms with Crippen LogP contribution in [0.1, 0.15) is 12.0 Å². The van der Waals surface area contributed by atoms with Crippen molar-refractivity contribution in [2.45, 2.75) is 12.0 Å². The molecule has 0 bridgehead atoms. The molecule has 1 heterocycles. The molecule has 0 saturated carbocycles. The largest absolute Gasteiger partial charge is 1.00 e. The molecule has 3 nitrogen and oxygen atoms in total. The van der Waals surface area contributed by atoms with Gasteiger partial charge in [0.2, 0.25) is 5.60 Å². The van der Waals surface area contributed by atoms with Gasteiger partial charge in [0.1, 0.15) is 0 Å². The molecule has 1 aliphatic rings. The number of rotatable bonds is 0. The zero-order chi connectivity index (χ0) is 11.6. The third-order valence-electron chi connectivity index (χ3n) is 2.63. The summed E-state index contributed by atoms with van der Waals surface area (Å²) in [6.45, 7) is 0.547. The molecule has 4 heteroatoms. The van der Waals surface area contributed by atoms with Gasteiger partial charge in [-0.25, -0.2) is 0 Å². The molecule has 17 heavy (non-hydrogen) atoms. The number of nitrogens with zero attached hydrogens (tertiary/aromatic N) is 1. The number of hydrogen-bond donors (Lipinski definition) is 1. The van der Waals surface area contributed by atoms with Crippen molar-refractivity contribution in [3.63, 3.8) is 0 Å². The van der Waals surface area contributed by atoms with E-state index in [9.17, 15) is 9.90 Å². The van der Waals surface area contributed by atoms with E-state index in [2.05, 4.69) is 17.9 Å². The van der Waals surface area contributed by atoms with Gasteiger partial charge >= 0.3 is 51.4 Å². The van der Waals surface area contributed by atoms with Crippen LogP contribution in [-0.2, 0) is 4.79 Å². The van der Waals surface area contributed by atoms with E-state index in [1.54, 1.807) is 19.2 Å². The summed E-state index contributed by atoms with van der Waals surface area (Å²) in [5.41, 5.74) is -0.761. The van der Waals surface area contributed by atoms with Gasteiger partial charge in [-0.1, -0.05) is 11.5 Å². The predicted octanol–water partition coefficient (Wildman–Crippen LogP) is -2.56. The minimum atomic E-state index is -1.51. The average Bonchev–Trinajstić information content (AvgIpc) is 2.57. The van der Waals surface area contributed by atoms with Crippen molar-refractivity contribution in [3.05, 3.63) is 35.9 Å². The number of likely N-dealkylation sites (N-methyl/N-ethyl adjacent to an activating group) is 1. The van der Waals surface area contributed by atoms with Gasteiger partial charge in [0, 0.05) is 20.0 Å². The fourth-order valence-electron chi connectivity index (χ4n) is 1.62. The zero-order valence-electron chi connectivity index (χ0n) is 10.0. The molecule has 1 aliphatic heterocycles. The molecular formula is C13H12KNO2. The van der Waals surface area contributed by atoms with Crippen LogP contribution in [0.5, 0.6) is 0 Å². The Hall–Kier alpha value is -0.154. The third kappa shape index (κ3) is 3.41. The van der Waals surface area contributed by atoms with Crippen molar-refractivity contribution < 1.29 is 61.3 Å². The van der Waals surface area contributed by atoms with Crippen LogP contribution >= 0.6 is 0 Å². The summed E-state index contributed by atoms with van der Waals surface area (Å²) in [5, 5.41) is 10.0. The van der Waals surface area contributed by atoms with Gasteiger partial charge in [-0.05, 0) is 0 Å². The standard InChI is InChI=1S/C13H12NO2.K/c1-14-10-9-13(16,12(14)15)8-7-11-5-3-2-4-6-11;/h2-3,5-6,16H,9-10H2,1H3;/q-1;+1. The summed E-state index contributed by atoms with van der Waals surface area (Å²) in [7, 11) is 1.66. The first-order valence-electron chi connectivity index (χ1n) is 5.09. The van der Waals surface area contributed by atoms with Gasteiger partial charge in [0.25, 0.3) is 5.91 Å². The second-order valence-electron chi connectivity index (χ2n) is 3.88. The smallest absolute Gasteiger partial charge is 0.369 e. The molecule has 82 valence electrons. The van der Waals surface area contributed by atoms with Gasteiger partial charge < -0.3 is 10.0 Å². The molecule has 1 saturated heterocycles. The van der Waals surface area contributed by atoms with Gasteiger partial charge in [0.15, 0.2) is 0 Å². The van der Waals surface area contributed by atoms with Crippen molar-refractivity contribution in [3.8, 4) is 11.8 Å². The van der Waals surface area contributed by atoms with Crippen molar-refractivity contribution in [1.29, 1.82) is 0 Å². The minimum absolute atomic E-state index is 0. The van der Waals surface area contributed by atoms with Crippen LogP contribution in [0.3, 0.4) is 0 Å². The van der Waals surface area contributed by atoms with Crippen molar-refractivity contribution in [1.82, 2.24) is 4.90 Å². The van der Waals surface area contributed by atoms with Crippen LogP contribution in [0.2, 0.25) is 0 Å². The summed E-state index contributed by atoms with van der Waals surface area (Å²) < 4.78 is 0. The summed E-state index contributed by atoms with van der Waals surface area (Å²) in [4.78, 5) is 13.1. The molecule has 1 fully saturated rings. The molecule has 0 aliphatic carbocycles. The molecule has 1 amide bonds. The topological polar surface area (TPSA) is 40.5 Å². The maximum atomic E-state index is 11.6. The van der Waals surface area contributed by atoms with Crippen LogP contribution in [-0.4, -0.2) is 35.1 Å². The molecule has 0 spiro atoms. The van der Waals surface area contributed by atoms with Gasteiger partial charge in [0.05, 0.1) is 0 Å². The van der Waals surface area contributed by atoms with Crippen molar-refractivity contribution in [2.24, 2.45) is 0 Å². The molecule has 0 aromatic heterocycles. The zero-order valence-corrected chi connectivity index (χ0v) is 13.1. The SMILES string of the molecule is CN1CCC(O)(C#Cc2c[c-]ccc2)C1=O.[K+]. The predicted molar refractivity (Wildman–Crippen MR) is 59.4 cm³/mol. The van der Waals surface area contributed by atoms with E-state index < -0.39 is 5.60 Å². The minimum Gasteiger partial charge on any atom is -0.369 e. The number of benzene rings is 1. The number of likely N-dealkylation sites (tertiary alicyclic amines) is 1. The quantitative estimate of drug-likeness (QED) is 0.314. The first-order chi connectivity index (χ1) is 7.62. The Morgan fingerprint density at radius 2 is 2.35 bits per heavy atom. The van der Waals surface area contributed by atoms with E-state index in [4.69, 9.17) is 0 Å². The van der Waals surface area contributed by atoms with Crippen molar-refractivity contribution >= 4 is 5.91 Å². The molecule has 2 rings (SSSR count). The van der Waals surface area contributed by atoms with E-state index in [0.717, 1.165) is 5.56 Å². The normalized spacial score (nSPS) is 22.7. The molecular weight excluding hydrogens is 241 g/mol. The van der Waals surface area contributed by atoms with Crippen LogP contribution in [0, 0.1) is 17.9 Å². The maximum absolute atomic E-state index is 11.6. The molecule has 1 N–H and O–H groups in total. The van der Waals surface area contributed by atoms with E-state index in [1.165, 1.54) is 4.90 Å². The third-order valence-corrected chi connectivity index (χ3v) is 2.63. The monoisotopic (exact) mass is 253 g/mol. The van der Waals surface area contributed by atoms with Crippen LogP contribution in [0.15, 0.2) is 24.3 Å². The Morgan fingerprint density at radius 1 is 1.59 bits per heavy atom. The van der Waals surface area contributed by atoms with Crippen LogP contribution in [0.25, 0.3) is 0 Å². The number of amides is 1. The van der Waals surface area contributed by atoms with E-state index in [-0.39, 0.29) is 57.3 Å². The Bertz CT molecular complexity index is 463. The van der Waals surface area contributed by atoms with Crippen LogP contribution in [0.4, 0.5) is 0 Å². The summed E-state index contributed by atoms with van der Waals surface area (Å²) in [6, 6.07) is 10.0. The molecule has 1 aromatic carbocycles. The summed E-state index contributed by atoms with van der Waals surface area (Å²) in [6.07, 6.45) is 0.367. The second kappa shape index (κ2) is 6.14. The molecule has 1 aromatic rings.